The summed E-state index contributed by atoms with van der Waals surface area (Å²) >= 11 is 0. The number of hydrazine groups is 1. The van der Waals surface area contributed by atoms with Crippen LogP contribution in [0, 0.1) is 6.92 Å². The number of benzene rings is 2. The van der Waals surface area contributed by atoms with E-state index in [2.05, 4.69) is 10.1 Å². The first-order valence-electron chi connectivity index (χ1n) is 8.69. The highest BCUT2D eigenvalue weighted by Gasteiger charge is 2.18. The van der Waals surface area contributed by atoms with E-state index in [9.17, 15) is 13.2 Å². The maximum Gasteiger partial charge on any atom is 0.265 e. The fourth-order valence-corrected chi connectivity index (χ4v) is 3.96. The minimum absolute atomic E-state index is 0.0596. The van der Waals surface area contributed by atoms with Crippen molar-refractivity contribution in [2.24, 2.45) is 0 Å². The molecule has 0 saturated carbocycles. The van der Waals surface area contributed by atoms with Crippen LogP contribution in [-0.2, 0) is 10.0 Å². The van der Waals surface area contributed by atoms with Crippen LogP contribution in [-0.4, -0.2) is 32.4 Å². The summed E-state index contributed by atoms with van der Waals surface area (Å²) in [5.74, 6) is -0.292. The van der Waals surface area contributed by atoms with Crippen LogP contribution in [0.5, 0.6) is 0 Å². The van der Waals surface area contributed by atoms with Crippen LogP contribution >= 0.6 is 0 Å². The van der Waals surface area contributed by atoms with Gasteiger partial charge in [0.25, 0.3) is 15.9 Å². The Labute approximate surface area is 154 Å². The first-order valence-corrected chi connectivity index (χ1v) is 10.2. The molecule has 7 heteroatoms. The molecule has 0 aromatic heterocycles. The van der Waals surface area contributed by atoms with Gasteiger partial charge in [-0.2, -0.15) is 0 Å². The lowest BCUT2D eigenvalue weighted by Crippen LogP contribution is -2.45. The van der Waals surface area contributed by atoms with Crippen LogP contribution in [0.15, 0.2) is 53.4 Å². The Bertz CT molecular complexity index is 873. The van der Waals surface area contributed by atoms with Crippen molar-refractivity contribution in [3.63, 3.8) is 0 Å². The number of carbonyl (C=O) groups excluding carboxylic acids is 1. The van der Waals surface area contributed by atoms with Gasteiger partial charge < -0.3 is 0 Å². The SMILES string of the molecule is Cc1ccc(NS(=O)(=O)c2cccc(C(=O)NN3CCCCC3)c2)cc1. The number of piperidine rings is 1. The standard InChI is InChI=1S/C19H23N3O3S/c1-15-8-10-17(11-9-15)21-26(24,25)18-7-5-6-16(14-18)19(23)20-22-12-3-2-4-13-22/h5-11,14,21H,2-4,12-13H2,1H3,(H,20,23). The smallest absolute Gasteiger partial charge is 0.265 e. The van der Waals surface area contributed by atoms with E-state index in [1.165, 1.54) is 18.6 Å². The van der Waals surface area contributed by atoms with Gasteiger partial charge in [0.05, 0.1) is 4.90 Å². The van der Waals surface area contributed by atoms with Gasteiger partial charge >= 0.3 is 0 Å². The van der Waals surface area contributed by atoms with Crippen LogP contribution in [0.1, 0.15) is 35.2 Å². The second-order valence-corrected chi connectivity index (χ2v) is 8.17. The molecular formula is C19H23N3O3S. The number of rotatable bonds is 5. The predicted molar refractivity (Wildman–Crippen MR) is 101 cm³/mol. The highest BCUT2D eigenvalue weighted by Crippen LogP contribution is 2.18. The maximum absolute atomic E-state index is 12.6. The summed E-state index contributed by atoms with van der Waals surface area (Å²) in [6.45, 7) is 3.57. The molecule has 26 heavy (non-hydrogen) atoms. The van der Waals surface area contributed by atoms with Gasteiger partial charge in [-0.05, 0) is 50.1 Å². The number of hydrogen-bond acceptors (Lipinski definition) is 4. The van der Waals surface area contributed by atoms with E-state index in [0.29, 0.717) is 11.3 Å². The highest BCUT2D eigenvalue weighted by molar-refractivity contribution is 7.92. The second-order valence-electron chi connectivity index (χ2n) is 6.49. The summed E-state index contributed by atoms with van der Waals surface area (Å²) in [5, 5.41) is 1.89. The molecule has 1 aliphatic heterocycles. The monoisotopic (exact) mass is 373 g/mol. The molecule has 0 radical (unpaired) electrons. The normalized spacial score (nSPS) is 15.4. The number of amides is 1. The number of aryl methyl sites for hydroxylation is 1. The topological polar surface area (TPSA) is 78.5 Å². The number of sulfonamides is 1. The first-order chi connectivity index (χ1) is 12.4. The lowest BCUT2D eigenvalue weighted by molar-refractivity contribution is 0.0750. The minimum atomic E-state index is -3.76. The second kappa shape index (κ2) is 7.88. The summed E-state index contributed by atoms with van der Waals surface area (Å²) in [6, 6.07) is 13.2. The fourth-order valence-electron chi connectivity index (χ4n) is 2.85. The van der Waals surface area contributed by atoms with E-state index in [-0.39, 0.29) is 10.8 Å². The van der Waals surface area contributed by atoms with Crippen molar-refractivity contribution in [1.29, 1.82) is 0 Å². The average Bonchev–Trinajstić information content (AvgIpc) is 2.64. The molecule has 0 atom stereocenters. The zero-order valence-corrected chi connectivity index (χ0v) is 15.6. The average molecular weight is 373 g/mol. The van der Waals surface area contributed by atoms with Crippen molar-refractivity contribution < 1.29 is 13.2 Å². The molecule has 1 heterocycles. The van der Waals surface area contributed by atoms with Crippen LogP contribution in [0.3, 0.4) is 0 Å². The molecular weight excluding hydrogens is 350 g/mol. The molecule has 1 amide bonds. The Morgan fingerprint density at radius 2 is 1.69 bits per heavy atom. The van der Waals surface area contributed by atoms with E-state index < -0.39 is 10.0 Å². The number of nitrogens with zero attached hydrogens (tertiary/aromatic N) is 1. The Kier molecular flexibility index (Phi) is 5.58. The van der Waals surface area contributed by atoms with E-state index in [4.69, 9.17) is 0 Å². The van der Waals surface area contributed by atoms with Crippen molar-refractivity contribution in [3.05, 3.63) is 59.7 Å². The molecule has 0 bridgehead atoms. The third-order valence-electron chi connectivity index (χ3n) is 4.33. The highest BCUT2D eigenvalue weighted by atomic mass is 32.2. The summed E-state index contributed by atoms with van der Waals surface area (Å²) < 4.78 is 27.7. The fraction of sp³-hybridized carbons (Fsp3) is 0.316. The molecule has 138 valence electrons. The summed E-state index contributed by atoms with van der Waals surface area (Å²) in [4.78, 5) is 12.5. The molecule has 1 saturated heterocycles. The van der Waals surface area contributed by atoms with E-state index in [0.717, 1.165) is 31.5 Å². The molecule has 0 spiro atoms. The van der Waals surface area contributed by atoms with Gasteiger partial charge in [-0.3, -0.25) is 14.9 Å². The third-order valence-corrected chi connectivity index (χ3v) is 5.70. The van der Waals surface area contributed by atoms with E-state index in [1.807, 2.05) is 24.1 Å². The molecule has 2 N–H and O–H groups in total. The molecule has 1 aliphatic rings. The van der Waals surface area contributed by atoms with Crippen molar-refractivity contribution in [3.8, 4) is 0 Å². The van der Waals surface area contributed by atoms with Crippen LogP contribution < -0.4 is 10.1 Å². The van der Waals surface area contributed by atoms with Gasteiger partial charge in [-0.25, -0.2) is 13.4 Å². The predicted octanol–water partition coefficient (Wildman–Crippen LogP) is 2.93. The van der Waals surface area contributed by atoms with Gasteiger partial charge in [-0.1, -0.05) is 30.2 Å². The maximum atomic E-state index is 12.6. The van der Waals surface area contributed by atoms with Gasteiger partial charge in [-0.15, -0.1) is 0 Å². The van der Waals surface area contributed by atoms with E-state index in [1.54, 1.807) is 24.3 Å². The first kappa shape index (κ1) is 18.4. The Balaban J connectivity index is 1.74. The number of nitrogens with one attached hydrogen (secondary N) is 2. The lowest BCUT2D eigenvalue weighted by atomic mass is 10.1. The molecule has 2 aromatic rings. The van der Waals surface area contributed by atoms with Crippen molar-refractivity contribution in [1.82, 2.24) is 10.4 Å². The largest absolute Gasteiger partial charge is 0.285 e. The molecule has 3 rings (SSSR count). The minimum Gasteiger partial charge on any atom is -0.285 e. The molecule has 0 aliphatic carbocycles. The molecule has 1 fully saturated rings. The molecule has 0 unspecified atom stereocenters. The molecule has 2 aromatic carbocycles. The van der Waals surface area contributed by atoms with E-state index >= 15 is 0 Å². The zero-order chi connectivity index (χ0) is 18.6. The van der Waals surface area contributed by atoms with Gasteiger partial charge in [0.15, 0.2) is 0 Å². The van der Waals surface area contributed by atoms with Crippen LogP contribution in [0.2, 0.25) is 0 Å². The summed E-state index contributed by atoms with van der Waals surface area (Å²) in [7, 11) is -3.76. The summed E-state index contributed by atoms with van der Waals surface area (Å²) in [5.41, 5.74) is 4.70. The quantitative estimate of drug-likeness (QED) is 0.845. The summed E-state index contributed by atoms with van der Waals surface area (Å²) in [6.07, 6.45) is 3.27. The third kappa shape index (κ3) is 4.62. The van der Waals surface area contributed by atoms with Crippen LogP contribution in [0.25, 0.3) is 0 Å². The van der Waals surface area contributed by atoms with Gasteiger partial charge in [0.1, 0.15) is 0 Å². The Hall–Kier alpha value is -2.38. The Morgan fingerprint density at radius 1 is 1.00 bits per heavy atom. The van der Waals surface area contributed by atoms with Crippen molar-refractivity contribution in [2.75, 3.05) is 17.8 Å². The van der Waals surface area contributed by atoms with Crippen molar-refractivity contribution >= 4 is 21.6 Å². The van der Waals surface area contributed by atoms with Gasteiger partial charge in [0.2, 0.25) is 0 Å². The number of carbonyl (C=O) groups is 1. The van der Waals surface area contributed by atoms with Crippen molar-refractivity contribution in [2.45, 2.75) is 31.1 Å². The lowest BCUT2D eigenvalue weighted by Gasteiger charge is -2.26. The zero-order valence-electron chi connectivity index (χ0n) is 14.7. The van der Waals surface area contributed by atoms with Gasteiger partial charge in [0, 0.05) is 24.3 Å². The Morgan fingerprint density at radius 3 is 2.38 bits per heavy atom. The number of hydrogen-bond donors (Lipinski definition) is 2. The molecule has 6 nitrogen and oxygen atoms in total. The number of anilines is 1. The van der Waals surface area contributed by atoms with Crippen LogP contribution in [0.4, 0.5) is 5.69 Å².